The van der Waals surface area contributed by atoms with E-state index in [-0.39, 0.29) is 0 Å². The van der Waals surface area contributed by atoms with Crippen LogP contribution in [-0.2, 0) is 40.1 Å². The lowest BCUT2D eigenvalue weighted by atomic mass is 10.9. The predicted molar refractivity (Wildman–Crippen MR) is 148 cm³/mol. The Labute approximate surface area is 219 Å². The first-order valence-electron chi connectivity index (χ1n) is 13.2. The van der Waals surface area contributed by atoms with E-state index >= 15 is 0 Å². The molecule has 4 unspecified atom stereocenters. The molecule has 0 aliphatic carbocycles. The van der Waals surface area contributed by atoms with Crippen molar-refractivity contribution in [2.45, 2.75) is 79.6 Å². The average Bonchev–Trinajstić information content (AvgIpc) is 2.90. The molecule has 4 atom stereocenters. The molecule has 0 rings (SSSR count). The molecule has 0 N–H and O–H groups in total. The van der Waals surface area contributed by atoms with Gasteiger partial charge in [-0.05, 0) is 51.9 Å². The number of ether oxygens (including phenoxy) is 4. The summed E-state index contributed by atoms with van der Waals surface area (Å²) in [5.41, 5.74) is 0. The Balaban J connectivity index is 6.48. The highest BCUT2D eigenvalue weighted by molar-refractivity contribution is 6.89. The topological polar surface area (TPSA) is 83.1 Å². The highest BCUT2D eigenvalue weighted by atomic mass is 28.5. The van der Waals surface area contributed by atoms with Crippen LogP contribution in [0.1, 0.15) is 55.4 Å². The fourth-order valence-electron chi connectivity index (χ4n) is 3.60. The van der Waals surface area contributed by atoms with Gasteiger partial charge in [-0.15, -0.1) is 0 Å². The number of hydrogen-bond acceptors (Lipinski definition) is 9. The SMILES string of the molecule is CCOC[Si](CC)(OC)O[Si](CC)(COCC)O[Si](CC)(COCC)O[Si](CC)(COCC)OC. The fraction of sp³-hybridized carbons (Fsp3) is 1.00. The van der Waals surface area contributed by atoms with Crippen molar-refractivity contribution in [3.63, 3.8) is 0 Å². The van der Waals surface area contributed by atoms with Crippen molar-refractivity contribution >= 4 is 34.2 Å². The highest BCUT2D eigenvalue weighted by Crippen LogP contribution is 2.32. The van der Waals surface area contributed by atoms with Gasteiger partial charge in [0.1, 0.15) is 0 Å². The molecule has 212 valence electrons. The Hall–Kier alpha value is 0.508. The molecule has 9 nitrogen and oxygen atoms in total. The Morgan fingerprint density at radius 1 is 0.371 bits per heavy atom. The van der Waals surface area contributed by atoms with E-state index in [2.05, 4.69) is 27.7 Å². The van der Waals surface area contributed by atoms with E-state index in [1.54, 1.807) is 14.2 Å². The van der Waals surface area contributed by atoms with Gasteiger partial charge < -0.3 is 40.1 Å². The molecule has 0 amide bonds. The van der Waals surface area contributed by atoms with Crippen LogP contribution in [0.5, 0.6) is 0 Å². The molecule has 0 heterocycles. The molecule has 35 heavy (non-hydrogen) atoms. The lowest BCUT2D eigenvalue weighted by Crippen LogP contribution is -2.68. The van der Waals surface area contributed by atoms with Gasteiger partial charge in [0.15, 0.2) is 0 Å². The van der Waals surface area contributed by atoms with Crippen LogP contribution in [0.2, 0.25) is 24.2 Å². The molecule has 13 heteroatoms. The van der Waals surface area contributed by atoms with E-state index in [4.69, 9.17) is 40.1 Å². The van der Waals surface area contributed by atoms with Gasteiger partial charge in [0.05, 0.1) is 24.9 Å². The van der Waals surface area contributed by atoms with Gasteiger partial charge in [-0.25, -0.2) is 0 Å². The van der Waals surface area contributed by atoms with E-state index < -0.39 is 34.2 Å². The molecule has 0 fully saturated rings. The van der Waals surface area contributed by atoms with Gasteiger partial charge in [-0.3, -0.25) is 0 Å². The lowest BCUT2D eigenvalue weighted by Gasteiger charge is -2.46. The first kappa shape index (κ1) is 35.5. The molecule has 0 aliphatic heterocycles. The van der Waals surface area contributed by atoms with Crippen LogP contribution < -0.4 is 0 Å². The Morgan fingerprint density at radius 2 is 0.600 bits per heavy atom. The minimum Gasteiger partial charge on any atom is -0.413 e. The standard InChI is InChI=1S/C22H54O9Si4/c1-11-25-19-32(15-5,23-9)29-34(17-7,21-27-13-3)31-35(18-8,22-28-14-4)30-33(16-6,24-10)20-26-12-2/h11-22H2,1-10H3. The average molecular weight is 575 g/mol. The second-order valence-electron chi connectivity index (χ2n) is 8.32. The summed E-state index contributed by atoms with van der Waals surface area (Å²) in [5.74, 6) is 0. The van der Waals surface area contributed by atoms with E-state index in [1.807, 2.05) is 27.7 Å². The maximum atomic E-state index is 7.19. The molecule has 0 spiro atoms. The number of hydrogen-bond donors (Lipinski definition) is 0. The molecule has 0 bridgehead atoms. The molecule has 0 radical (unpaired) electrons. The first-order valence-corrected chi connectivity index (χ1v) is 22.2. The Morgan fingerprint density at radius 3 is 0.800 bits per heavy atom. The third-order valence-electron chi connectivity index (χ3n) is 6.12. The molecular weight excluding hydrogens is 521 g/mol. The molecule has 0 aromatic rings. The molecule has 0 saturated carbocycles. The fourth-order valence-corrected chi connectivity index (χ4v) is 22.1. The van der Waals surface area contributed by atoms with E-state index in [1.165, 1.54) is 0 Å². The maximum absolute atomic E-state index is 7.19. The minimum atomic E-state index is -2.96. The van der Waals surface area contributed by atoms with E-state index in [9.17, 15) is 0 Å². The summed E-state index contributed by atoms with van der Waals surface area (Å²) in [6.07, 6.45) is 1.69. The van der Waals surface area contributed by atoms with Crippen molar-refractivity contribution in [3.8, 4) is 0 Å². The Bertz CT molecular complexity index is 483. The van der Waals surface area contributed by atoms with Crippen molar-refractivity contribution in [1.82, 2.24) is 0 Å². The van der Waals surface area contributed by atoms with E-state index in [0.717, 1.165) is 12.1 Å². The van der Waals surface area contributed by atoms with Crippen LogP contribution in [0.25, 0.3) is 0 Å². The van der Waals surface area contributed by atoms with Crippen molar-refractivity contribution in [2.75, 3.05) is 65.6 Å². The zero-order valence-corrected chi connectivity index (χ0v) is 28.2. The smallest absolute Gasteiger partial charge is 0.355 e. The van der Waals surface area contributed by atoms with Gasteiger partial charge >= 0.3 is 34.2 Å². The van der Waals surface area contributed by atoms with Crippen LogP contribution in [0.3, 0.4) is 0 Å². The molecule has 0 saturated heterocycles. The summed E-state index contributed by atoms with van der Waals surface area (Å²) in [7, 11) is -7.89. The van der Waals surface area contributed by atoms with E-state index in [0.29, 0.717) is 63.4 Å². The molecule has 0 aliphatic rings. The summed E-state index contributed by atoms with van der Waals surface area (Å²) in [6.45, 7) is 18.7. The van der Waals surface area contributed by atoms with Crippen LogP contribution >= 0.6 is 0 Å². The zero-order chi connectivity index (χ0) is 26.8. The first-order chi connectivity index (χ1) is 16.7. The summed E-state index contributed by atoms with van der Waals surface area (Å²) in [6, 6.07) is 2.88. The molecular formula is C22H54O9Si4. The van der Waals surface area contributed by atoms with Gasteiger partial charge in [-0.1, -0.05) is 27.7 Å². The second-order valence-corrected chi connectivity index (χ2v) is 22.9. The van der Waals surface area contributed by atoms with Gasteiger partial charge in [-0.2, -0.15) is 0 Å². The second kappa shape index (κ2) is 18.7. The summed E-state index contributed by atoms with van der Waals surface area (Å²) in [5, 5.41) is 0. The predicted octanol–water partition coefficient (Wildman–Crippen LogP) is 4.48. The maximum Gasteiger partial charge on any atom is 0.355 e. The van der Waals surface area contributed by atoms with Crippen LogP contribution in [0.4, 0.5) is 0 Å². The summed E-state index contributed by atoms with van der Waals surface area (Å²) < 4.78 is 56.9. The molecule has 0 aromatic heterocycles. The van der Waals surface area contributed by atoms with Crippen molar-refractivity contribution < 1.29 is 40.1 Å². The largest absolute Gasteiger partial charge is 0.413 e. The summed E-state index contributed by atoms with van der Waals surface area (Å²) in [4.78, 5) is 0. The minimum absolute atomic E-state index is 0.396. The normalized spacial score (nSPS) is 19.0. The molecule has 0 aromatic carbocycles. The van der Waals surface area contributed by atoms with Gasteiger partial charge in [0, 0.05) is 40.6 Å². The van der Waals surface area contributed by atoms with Crippen LogP contribution in [0, 0.1) is 0 Å². The number of rotatable bonds is 24. The van der Waals surface area contributed by atoms with Gasteiger partial charge in [0.2, 0.25) is 0 Å². The zero-order valence-electron chi connectivity index (χ0n) is 24.2. The Kier molecular flexibility index (Phi) is 19.0. The highest BCUT2D eigenvalue weighted by Gasteiger charge is 2.56. The van der Waals surface area contributed by atoms with Crippen LogP contribution in [-0.4, -0.2) is 99.8 Å². The summed E-state index contributed by atoms with van der Waals surface area (Å²) >= 11 is 0. The lowest BCUT2D eigenvalue weighted by molar-refractivity contribution is 0.104. The monoisotopic (exact) mass is 574 g/mol. The third kappa shape index (κ3) is 11.4. The van der Waals surface area contributed by atoms with Crippen molar-refractivity contribution in [2.24, 2.45) is 0 Å². The van der Waals surface area contributed by atoms with Crippen molar-refractivity contribution in [1.29, 1.82) is 0 Å². The van der Waals surface area contributed by atoms with Crippen LogP contribution in [0.15, 0.2) is 0 Å². The van der Waals surface area contributed by atoms with Crippen molar-refractivity contribution in [3.05, 3.63) is 0 Å². The quantitative estimate of drug-likeness (QED) is 0.155. The third-order valence-corrected chi connectivity index (χ3v) is 23.4. The van der Waals surface area contributed by atoms with Gasteiger partial charge in [0.25, 0.3) is 0 Å².